The Hall–Kier alpha value is -3.15. The van der Waals surface area contributed by atoms with Gasteiger partial charge in [0.25, 0.3) is 0 Å². The number of rotatable bonds is 6. The molecule has 0 spiro atoms. The summed E-state index contributed by atoms with van der Waals surface area (Å²) < 4.78 is 5.29. The standard InChI is InChI=1S/C22H24N2O4/c1-22(2,3)28-19(25)13-12-18(21(26)27)24-20-14-8-4-6-10-16(14)23-17-11-7-5-9-15(17)20/h4-11,18H,12-13H2,1-3H3,(H,23,24)(H,26,27). The van der Waals surface area contributed by atoms with Gasteiger partial charge in [0, 0.05) is 17.2 Å². The second kappa shape index (κ2) is 7.84. The molecule has 0 aliphatic heterocycles. The molecule has 2 N–H and O–H groups in total. The minimum absolute atomic E-state index is 0.0161. The molecule has 0 amide bonds. The summed E-state index contributed by atoms with van der Waals surface area (Å²) in [4.78, 5) is 28.5. The maximum Gasteiger partial charge on any atom is 0.326 e. The fraction of sp³-hybridized carbons (Fsp3) is 0.318. The molecule has 3 rings (SSSR count). The van der Waals surface area contributed by atoms with Crippen LogP contribution in [0.5, 0.6) is 0 Å². The SMILES string of the molecule is CC(C)(C)OC(=O)CCC(Nc1c2ccccc2nc2ccccc12)C(=O)O. The quantitative estimate of drug-likeness (QED) is 0.487. The molecule has 28 heavy (non-hydrogen) atoms. The molecule has 0 saturated carbocycles. The van der Waals surface area contributed by atoms with Crippen LogP contribution in [-0.2, 0) is 14.3 Å². The van der Waals surface area contributed by atoms with Crippen molar-refractivity contribution in [1.29, 1.82) is 0 Å². The topological polar surface area (TPSA) is 88.5 Å². The van der Waals surface area contributed by atoms with Gasteiger partial charge in [0.15, 0.2) is 0 Å². The van der Waals surface area contributed by atoms with E-state index in [2.05, 4.69) is 10.3 Å². The Morgan fingerprint density at radius 2 is 1.57 bits per heavy atom. The molecule has 0 bridgehead atoms. The second-order valence-corrected chi connectivity index (χ2v) is 7.68. The van der Waals surface area contributed by atoms with Gasteiger partial charge < -0.3 is 15.2 Å². The summed E-state index contributed by atoms with van der Waals surface area (Å²) in [5, 5.41) is 14.5. The summed E-state index contributed by atoms with van der Waals surface area (Å²) >= 11 is 0. The van der Waals surface area contributed by atoms with Gasteiger partial charge in [-0.05, 0) is 39.3 Å². The molecule has 0 aliphatic carbocycles. The Morgan fingerprint density at radius 3 is 2.07 bits per heavy atom. The number of carboxylic acids is 1. The van der Waals surface area contributed by atoms with E-state index in [0.29, 0.717) is 5.69 Å². The molecule has 1 aromatic heterocycles. The molecule has 1 atom stereocenters. The molecule has 6 heteroatoms. The highest BCUT2D eigenvalue weighted by Crippen LogP contribution is 2.31. The largest absolute Gasteiger partial charge is 0.480 e. The smallest absolute Gasteiger partial charge is 0.326 e. The molecule has 0 fully saturated rings. The van der Waals surface area contributed by atoms with Crippen LogP contribution in [0.3, 0.4) is 0 Å². The third kappa shape index (κ3) is 4.57. The van der Waals surface area contributed by atoms with Gasteiger partial charge >= 0.3 is 11.9 Å². The lowest BCUT2D eigenvalue weighted by molar-refractivity contribution is -0.155. The van der Waals surface area contributed by atoms with E-state index in [-0.39, 0.29) is 12.8 Å². The zero-order chi connectivity index (χ0) is 20.3. The first-order chi connectivity index (χ1) is 13.2. The first kappa shape index (κ1) is 19.6. The van der Waals surface area contributed by atoms with Crippen LogP contribution < -0.4 is 5.32 Å². The van der Waals surface area contributed by atoms with E-state index in [1.807, 2.05) is 48.5 Å². The average molecular weight is 380 g/mol. The lowest BCUT2D eigenvalue weighted by Gasteiger charge is -2.21. The van der Waals surface area contributed by atoms with E-state index in [0.717, 1.165) is 21.8 Å². The number of aliphatic carboxylic acids is 1. The molecule has 6 nitrogen and oxygen atoms in total. The number of hydrogen-bond donors (Lipinski definition) is 2. The summed E-state index contributed by atoms with van der Waals surface area (Å²) in [7, 11) is 0. The van der Waals surface area contributed by atoms with Gasteiger partial charge in [-0.3, -0.25) is 4.79 Å². The number of carbonyl (C=O) groups excluding carboxylic acids is 1. The molecule has 1 heterocycles. The van der Waals surface area contributed by atoms with Gasteiger partial charge in [-0.25, -0.2) is 9.78 Å². The first-order valence-corrected chi connectivity index (χ1v) is 9.23. The number of hydrogen-bond acceptors (Lipinski definition) is 5. The third-order valence-electron chi connectivity index (χ3n) is 4.26. The minimum atomic E-state index is -1.02. The van der Waals surface area contributed by atoms with Crippen molar-refractivity contribution >= 4 is 39.4 Å². The maximum absolute atomic E-state index is 12.0. The summed E-state index contributed by atoms with van der Waals surface area (Å²) in [6.45, 7) is 5.35. The minimum Gasteiger partial charge on any atom is -0.480 e. The number of carbonyl (C=O) groups is 2. The highest BCUT2D eigenvalue weighted by atomic mass is 16.6. The summed E-state index contributed by atoms with van der Waals surface area (Å²) in [5.41, 5.74) is 1.67. The van der Waals surface area contributed by atoms with Gasteiger partial charge in [0.1, 0.15) is 11.6 Å². The second-order valence-electron chi connectivity index (χ2n) is 7.68. The van der Waals surface area contributed by atoms with Crippen molar-refractivity contribution in [3.05, 3.63) is 48.5 Å². The number of fused-ring (bicyclic) bond motifs is 2. The highest BCUT2D eigenvalue weighted by molar-refractivity contribution is 6.08. The van der Waals surface area contributed by atoms with E-state index in [9.17, 15) is 14.7 Å². The van der Waals surface area contributed by atoms with Crippen molar-refractivity contribution in [1.82, 2.24) is 4.98 Å². The number of ether oxygens (including phenoxy) is 1. The van der Waals surface area contributed by atoms with Gasteiger partial charge in [0.05, 0.1) is 16.7 Å². The summed E-state index contributed by atoms with van der Waals surface area (Å²) in [6, 6.07) is 14.2. The van der Waals surface area contributed by atoms with Crippen molar-refractivity contribution in [3.63, 3.8) is 0 Å². The number of nitrogens with zero attached hydrogens (tertiary/aromatic N) is 1. The van der Waals surface area contributed by atoms with Crippen LogP contribution >= 0.6 is 0 Å². The molecule has 2 aromatic carbocycles. The Morgan fingerprint density at radius 1 is 1.04 bits per heavy atom. The summed E-state index contributed by atoms with van der Waals surface area (Å²) in [5.74, 6) is -1.43. The van der Waals surface area contributed by atoms with Crippen LogP contribution in [0.25, 0.3) is 21.8 Å². The number of anilines is 1. The monoisotopic (exact) mass is 380 g/mol. The highest BCUT2D eigenvalue weighted by Gasteiger charge is 2.23. The Kier molecular flexibility index (Phi) is 5.49. The number of aromatic nitrogens is 1. The number of carboxylic acid groups (broad SMARTS) is 1. The fourth-order valence-corrected chi connectivity index (χ4v) is 3.08. The van der Waals surface area contributed by atoms with E-state index in [1.54, 1.807) is 20.8 Å². The van der Waals surface area contributed by atoms with Crippen LogP contribution in [0.1, 0.15) is 33.6 Å². The lowest BCUT2D eigenvalue weighted by Crippen LogP contribution is -2.31. The Labute approximate surface area is 163 Å². The van der Waals surface area contributed by atoms with Crippen LogP contribution in [0.4, 0.5) is 5.69 Å². The molecule has 0 aliphatic rings. The number of nitrogens with one attached hydrogen (secondary N) is 1. The van der Waals surface area contributed by atoms with Crippen LogP contribution in [0.15, 0.2) is 48.5 Å². The fourth-order valence-electron chi connectivity index (χ4n) is 3.08. The van der Waals surface area contributed by atoms with Gasteiger partial charge in [-0.2, -0.15) is 0 Å². The number of pyridine rings is 1. The number of esters is 1. The first-order valence-electron chi connectivity index (χ1n) is 9.23. The molecule has 0 saturated heterocycles. The number of para-hydroxylation sites is 2. The van der Waals surface area contributed by atoms with Crippen LogP contribution in [0, 0.1) is 0 Å². The summed E-state index contributed by atoms with van der Waals surface area (Å²) in [6.07, 6.45) is 0.136. The lowest BCUT2D eigenvalue weighted by atomic mass is 10.1. The average Bonchev–Trinajstić information content (AvgIpc) is 2.62. The normalized spacial score (nSPS) is 12.7. The van der Waals surface area contributed by atoms with E-state index < -0.39 is 23.6 Å². The van der Waals surface area contributed by atoms with Crippen molar-refractivity contribution in [3.8, 4) is 0 Å². The molecule has 1 unspecified atom stereocenters. The van der Waals surface area contributed by atoms with Gasteiger partial charge in [0.2, 0.25) is 0 Å². The number of benzene rings is 2. The third-order valence-corrected chi connectivity index (χ3v) is 4.26. The van der Waals surface area contributed by atoms with Crippen molar-refractivity contribution in [2.24, 2.45) is 0 Å². The predicted molar refractivity (Wildman–Crippen MR) is 109 cm³/mol. The van der Waals surface area contributed by atoms with Crippen LogP contribution in [0.2, 0.25) is 0 Å². The van der Waals surface area contributed by atoms with Crippen molar-refractivity contribution < 1.29 is 19.4 Å². The van der Waals surface area contributed by atoms with E-state index >= 15 is 0 Å². The maximum atomic E-state index is 12.0. The molecular formula is C22H24N2O4. The molecule has 146 valence electrons. The predicted octanol–water partition coefficient (Wildman–Crippen LogP) is 4.38. The zero-order valence-electron chi connectivity index (χ0n) is 16.2. The van der Waals surface area contributed by atoms with E-state index in [1.165, 1.54) is 0 Å². The Balaban J connectivity index is 1.91. The Bertz CT molecular complexity index is 970. The zero-order valence-corrected chi connectivity index (χ0v) is 16.2. The van der Waals surface area contributed by atoms with Gasteiger partial charge in [-0.15, -0.1) is 0 Å². The van der Waals surface area contributed by atoms with E-state index in [4.69, 9.17) is 4.74 Å². The molecule has 0 radical (unpaired) electrons. The molecule has 3 aromatic rings. The van der Waals surface area contributed by atoms with Crippen molar-refractivity contribution in [2.75, 3.05) is 5.32 Å². The van der Waals surface area contributed by atoms with Crippen LogP contribution in [-0.4, -0.2) is 33.7 Å². The van der Waals surface area contributed by atoms with Crippen molar-refractivity contribution in [2.45, 2.75) is 45.3 Å². The molecular weight excluding hydrogens is 356 g/mol. The van der Waals surface area contributed by atoms with Gasteiger partial charge in [-0.1, -0.05) is 36.4 Å².